The zero-order chi connectivity index (χ0) is 25.8. The van der Waals surface area contributed by atoms with E-state index in [4.69, 9.17) is 30.9 Å². The molecule has 0 aromatic carbocycles. The van der Waals surface area contributed by atoms with E-state index in [0.29, 0.717) is 12.1 Å². The minimum absolute atomic E-state index is 0.00994. The predicted octanol–water partition coefficient (Wildman–Crippen LogP) is 0.840. The molecule has 3 saturated heterocycles. The Bertz CT molecular complexity index is 1180. The molecule has 2 aromatic rings. The fraction of sp³-hybridized carbons (Fsp3) is 0.700. The number of fused-ring (bicyclic) bond motifs is 3. The Labute approximate surface area is 210 Å². The van der Waals surface area contributed by atoms with Crippen LogP contribution in [0, 0.1) is 0 Å². The predicted molar refractivity (Wildman–Crippen MR) is 125 cm³/mol. The largest absolute Gasteiger partial charge is 0.446 e. The Morgan fingerprint density at radius 2 is 1.94 bits per heavy atom. The van der Waals surface area contributed by atoms with Gasteiger partial charge in [-0.15, -0.1) is 0 Å². The molecule has 14 nitrogen and oxygen atoms in total. The van der Waals surface area contributed by atoms with Crippen LogP contribution in [0.1, 0.15) is 38.3 Å². The summed E-state index contributed by atoms with van der Waals surface area (Å²) in [4.78, 5) is 45.6. The number of carbonyl (C=O) groups excluding carboxylic acids is 1. The van der Waals surface area contributed by atoms with Crippen molar-refractivity contribution in [2.45, 2.75) is 74.8 Å². The minimum atomic E-state index is -4.31. The van der Waals surface area contributed by atoms with Crippen LogP contribution in [0.15, 0.2) is 6.33 Å². The lowest BCUT2D eigenvalue weighted by Crippen LogP contribution is -2.43. The molecule has 3 aliphatic rings. The van der Waals surface area contributed by atoms with Crippen LogP contribution in [0.3, 0.4) is 0 Å². The molecule has 16 heteroatoms. The number of ether oxygens (including phenoxy) is 2. The van der Waals surface area contributed by atoms with Crippen LogP contribution >= 0.6 is 19.2 Å². The number of hydrogen-bond acceptors (Lipinski definition) is 10. The van der Waals surface area contributed by atoms with Crippen molar-refractivity contribution in [3.63, 3.8) is 0 Å². The van der Waals surface area contributed by atoms with Crippen LogP contribution in [-0.2, 0) is 14.0 Å². The zero-order valence-electron chi connectivity index (χ0n) is 19.3. The van der Waals surface area contributed by atoms with E-state index >= 15 is 0 Å². The average Bonchev–Trinajstić information content (AvgIpc) is 3.38. The van der Waals surface area contributed by atoms with Crippen LogP contribution < -0.4 is 5.32 Å². The van der Waals surface area contributed by atoms with Gasteiger partial charge in [-0.2, -0.15) is 9.97 Å². The van der Waals surface area contributed by atoms with Crippen LogP contribution in [0.2, 0.25) is 5.28 Å². The number of aliphatic hydroxyl groups is 2. The highest BCUT2D eigenvalue weighted by Gasteiger charge is 2.45. The van der Waals surface area contributed by atoms with Gasteiger partial charge in [0, 0.05) is 24.9 Å². The van der Waals surface area contributed by atoms with Gasteiger partial charge in [-0.1, -0.05) is 0 Å². The molecule has 0 aliphatic carbocycles. The second-order valence-corrected chi connectivity index (χ2v) is 11.7. The lowest BCUT2D eigenvalue weighted by atomic mass is 10.0. The number of aliphatic hydroxyl groups excluding tert-OH is 2. The smallest absolute Gasteiger partial charge is 0.413 e. The molecule has 5 heterocycles. The molecule has 5 unspecified atom stereocenters. The molecule has 3 aliphatic heterocycles. The number of rotatable bonds is 6. The normalized spacial score (nSPS) is 32.8. The number of anilines is 1. The van der Waals surface area contributed by atoms with Crippen LogP contribution in [-0.4, -0.2) is 100 Å². The van der Waals surface area contributed by atoms with Crippen molar-refractivity contribution in [1.82, 2.24) is 24.4 Å². The Balaban J connectivity index is 1.31. The number of imidazole rings is 1. The summed E-state index contributed by atoms with van der Waals surface area (Å²) in [6, 6.07) is 0.798. The number of halogens is 1. The Morgan fingerprint density at radius 1 is 1.25 bits per heavy atom. The zero-order valence-corrected chi connectivity index (χ0v) is 21.0. The quantitative estimate of drug-likeness (QED) is 0.253. The van der Waals surface area contributed by atoms with E-state index in [1.54, 1.807) is 0 Å². The summed E-state index contributed by atoms with van der Waals surface area (Å²) in [6.45, 7) is 0. The van der Waals surface area contributed by atoms with E-state index in [1.165, 1.54) is 10.9 Å². The standard InChI is InChI=1S/C20H28ClN6O8P/c1-26-9-2-3-10(26)7-11(6-9)34-20(30)24-16-13-17(25-19(21)23-16)27(8-22-13)18-15(29)14(28)12(35-18)4-5-36(31,32)33/h8-12,14-15,18,28-29H,2-7H2,1H3,(H2,31,32,33)(H,23,24,25,30)/t9-,10+,11?,12?,14?,15?,18?. The molecule has 5 N–H and O–H groups in total. The van der Waals surface area contributed by atoms with Crippen LogP contribution in [0.5, 0.6) is 0 Å². The number of carbonyl (C=O) groups is 1. The first kappa shape index (κ1) is 25.7. The summed E-state index contributed by atoms with van der Waals surface area (Å²) >= 11 is 6.09. The third kappa shape index (κ3) is 5.09. The monoisotopic (exact) mass is 546 g/mol. The first-order valence-electron chi connectivity index (χ1n) is 11.7. The Morgan fingerprint density at radius 3 is 2.61 bits per heavy atom. The second-order valence-electron chi connectivity index (χ2n) is 9.56. The molecule has 1 amide bonds. The lowest BCUT2D eigenvalue weighted by molar-refractivity contribution is -0.0355. The number of nitrogens with one attached hydrogen (secondary N) is 1. The van der Waals surface area contributed by atoms with Gasteiger partial charge in [-0.05, 0) is 37.9 Å². The van der Waals surface area contributed by atoms with Gasteiger partial charge in [-0.3, -0.25) is 14.4 Å². The van der Waals surface area contributed by atoms with Crippen molar-refractivity contribution in [2.24, 2.45) is 0 Å². The Kier molecular flexibility index (Phi) is 6.98. The summed E-state index contributed by atoms with van der Waals surface area (Å²) in [7, 11) is -2.22. The maximum Gasteiger partial charge on any atom is 0.413 e. The number of aromatic nitrogens is 4. The van der Waals surface area contributed by atoms with Crippen molar-refractivity contribution >= 4 is 42.3 Å². The fourth-order valence-electron chi connectivity index (χ4n) is 5.39. The van der Waals surface area contributed by atoms with Gasteiger partial charge in [-0.25, -0.2) is 9.78 Å². The van der Waals surface area contributed by atoms with E-state index < -0.39 is 44.4 Å². The first-order chi connectivity index (χ1) is 17.0. The van der Waals surface area contributed by atoms with E-state index in [9.17, 15) is 19.6 Å². The molecule has 0 radical (unpaired) electrons. The molecule has 0 spiro atoms. The molecular formula is C20H28ClN6O8P. The molecule has 36 heavy (non-hydrogen) atoms. The molecule has 7 atom stereocenters. The lowest BCUT2D eigenvalue weighted by Gasteiger charge is -2.35. The molecule has 0 saturated carbocycles. The molecule has 2 aromatic heterocycles. The summed E-state index contributed by atoms with van der Waals surface area (Å²) in [5.41, 5.74) is 0.276. The third-order valence-corrected chi connectivity index (χ3v) is 8.27. The molecule has 2 bridgehead atoms. The minimum Gasteiger partial charge on any atom is -0.446 e. The SMILES string of the molecule is CN1[C@@H]2CC[C@H]1CC(OC(=O)Nc1nc(Cl)nc3c1ncn3C1OC(CCP(=O)(O)O)C(O)C1O)C2. The van der Waals surface area contributed by atoms with Gasteiger partial charge >= 0.3 is 13.7 Å². The number of nitrogens with zero attached hydrogens (tertiary/aromatic N) is 5. The van der Waals surface area contributed by atoms with Gasteiger partial charge < -0.3 is 34.4 Å². The maximum absolute atomic E-state index is 12.7. The molecule has 3 fully saturated rings. The fourth-order valence-corrected chi connectivity index (χ4v) is 6.15. The van der Waals surface area contributed by atoms with Crippen molar-refractivity contribution in [2.75, 3.05) is 18.5 Å². The van der Waals surface area contributed by atoms with Gasteiger partial charge in [0.15, 0.2) is 23.2 Å². The van der Waals surface area contributed by atoms with Gasteiger partial charge in [0.2, 0.25) is 5.28 Å². The van der Waals surface area contributed by atoms with E-state index in [1.807, 2.05) is 0 Å². The Hall–Kier alpha value is -1.90. The number of piperidine rings is 1. The van der Waals surface area contributed by atoms with Gasteiger partial charge in [0.1, 0.15) is 18.3 Å². The van der Waals surface area contributed by atoms with Crippen molar-refractivity contribution < 1.29 is 38.8 Å². The molecule has 5 rings (SSSR count). The van der Waals surface area contributed by atoms with Crippen molar-refractivity contribution in [3.8, 4) is 0 Å². The van der Waals surface area contributed by atoms with Crippen molar-refractivity contribution in [3.05, 3.63) is 11.6 Å². The third-order valence-electron chi connectivity index (χ3n) is 7.26. The number of hydrogen-bond donors (Lipinski definition) is 5. The van der Waals surface area contributed by atoms with E-state index in [-0.39, 0.29) is 34.8 Å². The van der Waals surface area contributed by atoms with Crippen molar-refractivity contribution in [1.29, 1.82) is 0 Å². The summed E-state index contributed by atoms with van der Waals surface area (Å²) in [5.74, 6) is 0.00994. The van der Waals surface area contributed by atoms with E-state index in [0.717, 1.165) is 25.7 Å². The highest BCUT2D eigenvalue weighted by atomic mass is 35.5. The maximum atomic E-state index is 12.7. The van der Waals surface area contributed by atoms with Gasteiger partial charge in [0.25, 0.3) is 0 Å². The number of amides is 1. The van der Waals surface area contributed by atoms with E-state index in [2.05, 4.69) is 32.2 Å². The molecule has 198 valence electrons. The van der Waals surface area contributed by atoms with Crippen LogP contribution in [0.4, 0.5) is 10.6 Å². The summed E-state index contributed by atoms with van der Waals surface area (Å²) in [5, 5.41) is 23.2. The van der Waals surface area contributed by atoms with Crippen LogP contribution in [0.25, 0.3) is 11.2 Å². The average molecular weight is 547 g/mol. The highest BCUT2D eigenvalue weighted by Crippen LogP contribution is 2.40. The topological polar surface area (TPSA) is 192 Å². The summed E-state index contributed by atoms with van der Waals surface area (Å²) in [6.07, 6.45) is -1.61. The molecular weight excluding hydrogens is 519 g/mol. The summed E-state index contributed by atoms with van der Waals surface area (Å²) < 4.78 is 23.9. The first-order valence-corrected chi connectivity index (χ1v) is 13.8. The second kappa shape index (κ2) is 9.76. The highest BCUT2D eigenvalue weighted by molar-refractivity contribution is 7.51. The van der Waals surface area contributed by atoms with Gasteiger partial charge in [0.05, 0.1) is 18.6 Å².